The van der Waals surface area contributed by atoms with Crippen LogP contribution in [-0.2, 0) is 0 Å². The van der Waals surface area contributed by atoms with Crippen LogP contribution in [0.5, 0.6) is 0 Å². The molecule has 0 bridgehead atoms. The van der Waals surface area contributed by atoms with Crippen LogP contribution in [0.15, 0.2) is 28.7 Å². The lowest BCUT2D eigenvalue weighted by atomic mass is 10.2. The molecule has 2 rings (SSSR count). The largest absolute Gasteiger partial charge is 0.453 e. The van der Waals surface area contributed by atoms with Crippen LogP contribution in [0, 0.1) is 0 Å². The van der Waals surface area contributed by atoms with Gasteiger partial charge in [-0.3, -0.25) is 4.79 Å². The van der Waals surface area contributed by atoms with E-state index in [0.717, 1.165) is 5.39 Å². The highest BCUT2D eigenvalue weighted by atomic mass is 35.5. The Labute approximate surface area is 85.4 Å². The Hall–Kier alpha value is -1.32. The third-order valence-electron chi connectivity index (χ3n) is 1.94. The number of hydrogen-bond donors (Lipinski definition) is 1. The fourth-order valence-corrected chi connectivity index (χ4v) is 1.43. The van der Waals surface area contributed by atoms with Gasteiger partial charge in [0.05, 0.1) is 6.54 Å². The zero-order valence-electron chi connectivity index (χ0n) is 7.29. The number of carbonyl (C=O) groups is 1. The van der Waals surface area contributed by atoms with E-state index >= 15 is 0 Å². The molecule has 0 spiro atoms. The Morgan fingerprint density at radius 3 is 2.93 bits per heavy atom. The van der Waals surface area contributed by atoms with E-state index in [4.69, 9.17) is 21.8 Å². The van der Waals surface area contributed by atoms with Gasteiger partial charge in [-0.2, -0.15) is 0 Å². The number of fused-ring (bicyclic) bond motifs is 1. The Morgan fingerprint density at radius 2 is 2.21 bits per heavy atom. The topological polar surface area (TPSA) is 56.2 Å². The minimum absolute atomic E-state index is 0.0481. The van der Waals surface area contributed by atoms with Gasteiger partial charge >= 0.3 is 0 Å². The number of benzene rings is 1. The van der Waals surface area contributed by atoms with Crippen molar-refractivity contribution in [1.29, 1.82) is 0 Å². The maximum atomic E-state index is 11.2. The van der Waals surface area contributed by atoms with E-state index in [1.807, 2.05) is 0 Å². The average molecular weight is 210 g/mol. The molecule has 0 aliphatic carbocycles. The molecule has 0 fully saturated rings. The summed E-state index contributed by atoms with van der Waals surface area (Å²) < 4.78 is 5.29. The van der Waals surface area contributed by atoms with E-state index in [-0.39, 0.29) is 18.1 Å². The summed E-state index contributed by atoms with van der Waals surface area (Å²) >= 11 is 5.79. The summed E-state index contributed by atoms with van der Waals surface area (Å²) in [6, 6.07) is 6.83. The molecule has 2 aromatic rings. The third-order valence-corrected chi connectivity index (χ3v) is 2.17. The van der Waals surface area contributed by atoms with Crippen LogP contribution >= 0.6 is 11.6 Å². The van der Waals surface area contributed by atoms with Crippen LogP contribution in [0.25, 0.3) is 11.0 Å². The van der Waals surface area contributed by atoms with Gasteiger partial charge in [0.2, 0.25) is 5.78 Å². The summed E-state index contributed by atoms with van der Waals surface area (Å²) in [6.45, 7) is -0.0481. The van der Waals surface area contributed by atoms with E-state index in [9.17, 15) is 4.79 Å². The molecule has 0 aliphatic rings. The molecule has 0 saturated carbocycles. The second-order valence-electron chi connectivity index (χ2n) is 2.92. The fraction of sp³-hybridized carbons (Fsp3) is 0.100. The second kappa shape index (κ2) is 3.44. The predicted octanol–water partition coefficient (Wildman–Crippen LogP) is 2.23. The summed E-state index contributed by atoms with van der Waals surface area (Å²) in [7, 11) is 0. The highest BCUT2D eigenvalue weighted by Gasteiger charge is 2.10. The monoisotopic (exact) mass is 209 g/mol. The summed E-state index contributed by atoms with van der Waals surface area (Å²) in [5, 5.41) is 1.43. The molecule has 0 radical (unpaired) electrons. The van der Waals surface area contributed by atoms with Crippen molar-refractivity contribution in [2.45, 2.75) is 0 Å². The molecule has 3 nitrogen and oxygen atoms in total. The number of halogens is 1. The van der Waals surface area contributed by atoms with Crippen LogP contribution in [0.4, 0.5) is 0 Å². The minimum Gasteiger partial charge on any atom is -0.453 e. The van der Waals surface area contributed by atoms with Crippen LogP contribution < -0.4 is 5.73 Å². The van der Waals surface area contributed by atoms with Crippen molar-refractivity contribution in [3.63, 3.8) is 0 Å². The van der Waals surface area contributed by atoms with Crippen molar-refractivity contribution in [2.24, 2.45) is 5.73 Å². The summed E-state index contributed by atoms with van der Waals surface area (Å²) in [5.41, 5.74) is 5.86. The first-order chi connectivity index (χ1) is 6.70. The zero-order valence-corrected chi connectivity index (χ0v) is 8.04. The molecule has 14 heavy (non-hydrogen) atoms. The number of furan rings is 1. The Bertz CT molecular complexity index is 490. The van der Waals surface area contributed by atoms with Crippen LogP contribution in [0.2, 0.25) is 5.02 Å². The maximum Gasteiger partial charge on any atom is 0.211 e. The van der Waals surface area contributed by atoms with Gasteiger partial charge in [0.1, 0.15) is 5.58 Å². The molecule has 72 valence electrons. The van der Waals surface area contributed by atoms with Gasteiger partial charge < -0.3 is 10.2 Å². The zero-order chi connectivity index (χ0) is 10.1. The standard InChI is InChI=1S/C10H8ClNO2/c11-7-1-2-9-6(3-7)4-10(14-9)8(13)5-12/h1-4H,5,12H2. The lowest BCUT2D eigenvalue weighted by Gasteiger charge is -1.88. The molecule has 1 aromatic heterocycles. The SMILES string of the molecule is NCC(=O)c1cc2cc(Cl)ccc2o1. The van der Waals surface area contributed by atoms with E-state index in [1.54, 1.807) is 24.3 Å². The minimum atomic E-state index is -0.211. The van der Waals surface area contributed by atoms with Gasteiger partial charge in [0, 0.05) is 10.4 Å². The van der Waals surface area contributed by atoms with Gasteiger partial charge in [-0.15, -0.1) is 0 Å². The van der Waals surface area contributed by atoms with Crippen molar-refractivity contribution >= 4 is 28.4 Å². The van der Waals surface area contributed by atoms with Crippen molar-refractivity contribution in [1.82, 2.24) is 0 Å². The first kappa shape index (κ1) is 9.24. The van der Waals surface area contributed by atoms with Gasteiger partial charge in [0.25, 0.3) is 0 Å². The average Bonchev–Trinajstić information content (AvgIpc) is 2.59. The lowest BCUT2D eigenvalue weighted by Crippen LogP contribution is -2.12. The fourth-order valence-electron chi connectivity index (χ4n) is 1.25. The van der Waals surface area contributed by atoms with E-state index in [0.29, 0.717) is 10.6 Å². The Balaban J connectivity index is 2.56. The molecule has 0 saturated heterocycles. The number of ketones is 1. The summed E-state index contributed by atoms with van der Waals surface area (Å²) in [4.78, 5) is 11.2. The Morgan fingerprint density at radius 1 is 1.43 bits per heavy atom. The van der Waals surface area contributed by atoms with Crippen molar-refractivity contribution < 1.29 is 9.21 Å². The number of Topliss-reactive ketones (excluding diaryl/α,β-unsaturated/α-hetero) is 1. The molecular formula is C10H8ClNO2. The molecule has 0 aliphatic heterocycles. The first-order valence-electron chi connectivity index (χ1n) is 4.13. The highest BCUT2D eigenvalue weighted by molar-refractivity contribution is 6.31. The lowest BCUT2D eigenvalue weighted by molar-refractivity contribution is 0.0977. The molecule has 0 unspecified atom stereocenters. The van der Waals surface area contributed by atoms with E-state index in [1.165, 1.54) is 0 Å². The van der Waals surface area contributed by atoms with Crippen LogP contribution in [0.1, 0.15) is 10.6 Å². The van der Waals surface area contributed by atoms with Gasteiger partial charge in [-0.05, 0) is 24.3 Å². The van der Waals surface area contributed by atoms with Gasteiger partial charge in [-0.25, -0.2) is 0 Å². The molecule has 2 N–H and O–H groups in total. The molecule has 0 atom stereocenters. The van der Waals surface area contributed by atoms with Crippen molar-refractivity contribution in [2.75, 3.05) is 6.54 Å². The van der Waals surface area contributed by atoms with Crippen molar-refractivity contribution in [3.05, 3.63) is 35.0 Å². The number of hydrogen-bond acceptors (Lipinski definition) is 3. The smallest absolute Gasteiger partial charge is 0.211 e. The molecular weight excluding hydrogens is 202 g/mol. The third kappa shape index (κ3) is 1.52. The molecule has 0 amide bonds. The van der Waals surface area contributed by atoms with Gasteiger partial charge in [-0.1, -0.05) is 11.6 Å². The van der Waals surface area contributed by atoms with Crippen LogP contribution in [-0.4, -0.2) is 12.3 Å². The summed E-state index contributed by atoms with van der Waals surface area (Å²) in [6.07, 6.45) is 0. The maximum absolute atomic E-state index is 11.2. The highest BCUT2D eigenvalue weighted by Crippen LogP contribution is 2.22. The quantitative estimate of drug-likeness (QED) is 0.772. The van der Waals surface area contributed by atoms with Gasteiger partial charge in [0.15, 0.2) is 5.76 Å². The molecule has 1 aromatic carbocycles. The first-order valence-corrected chi connectivity index (χ1v) is 4.51. The number of rotatable bonds is 2. The van der Waals surface area contributed by atoms with E-state index in [2.05, 4.69) is 0 Å². The normalized spacial score (nSPS) is 10.7. The predicted molar refractivity (Wildman–Crippen MR) is 54.6 cm³/mol. The Kier molecular flexibility index (Phi) is 2.27. The van der Waals surface area contributed by atoms with Crippen LogP contribution in [0.3, 0.4) is 0 Å². The summed E-state index contributed by atoms with van der Waals surface area (Å²) in [5.74, 6) is 0.0714. The van der Waals surface area contributed by atoms with E-state index < -0.39 is 0 Å². The number of nitrogens with two attached hydrogens (primary N) is 1. The molecule has 1 heterocycles. The number of carbonyl (C=O) groups excluding carboxylic acids is 1. The molecule has 4 heteroatoms. The van der Waals surface area contributed by atoms with Crippen molar-refractivity contribution in [3.8, 4) is 0 Å². The second-order valence-corrected chi connectivity index (χ2v) is 3.36.